The molecule has 2 unspecified atom stereocenters. The van der Waals surface area contributed by atoms with Gasteiger partial charge >= 0.3 is 11.5 Å². The molecule has 0 spiro atoms. The van der Waals surface area contributed by atoms with Crippen molar-refractivity contribution in [3.63, 3.8) is 0 Å². The lowest BCUT2D eigenvalue weighted by molar-refractivity contribution is -0.150. The lowest BCUT2D eigenvalue weighted by Crippen LogP contribution is -2.70. The molecule has 20 heteroatoms. The number of hydrogen-bond acceptors (Lipinski definition) is 11. The molecule has 0 aromatic carbocycles. The minimum Gasteiger partial charge on any atom is -0.477 e. The van der Waals surface area contributed by atoms with Gasteiger partial charge in [0.25, 0.3) is 16.0 Å². The van der Waals surface area contributed by atoms with Crippen molar-refractivity contribution in [2.24, 2.45) is 0 Å². The number of halogens is 3. The maximum Gasteiger partial charge on any atom is 0.442 e. The maximum atomic E-state index is 12.6. The van der Waals surface area contributed by atoms with Crippen LogP contribution in [0.1, 0.15) is 12.8 Å². The molecule has 1 aromatic rings. The zero-order valence-electron chi connectivity index (χ0n) is 18.0. The monoisotopic (exact) mass is 592 g/mol. The van der Waals surface area contributed by atoms with Crippen LogP contribution in [0.5, 0.6) is 0 Å². The molecule has 0 radical (unpaired) electrons. The molecule has 1 aromatic heterocycles. The molecule has 200 valence electrons. The van der Waals surface area contributed by atoms with Gasteiger partial charge in [0.15, 0.2) is 0 Å². The average Bonchev–Trinajstić information content (AvgIpc) is 3.22. The Balaban J connectivity index is 1.60. The minimum absolute atomic E-state index is 0.107. The summed E-state index contributed by atoms with van der Waals surface area (Å²) in [6.45, 7) is 0.255. The van der Waals surface area contributed by atoms with Gasteiger partial charge in [-0.05, 0) is 40.6 Å². The van der Waals surface area contributed by atoms with Gasteiger partial charge in [-0.15, -0.1) is 16.9 Å². The van der Waals surface area contributed by atoms with Crippen LogP contribution in [0.15, 0.2) is 16.4 Å². The van der Waals surface area contributed by atoms with Gasteiger partial charge < -0.3 is 10.4 Å². The topological polar surface area (TPSA) is 185 Å². The Bertz CT molecular complexity index is 1160. The van der Waals surface area contributed by atoms with Gasteiger partial charge in [-0.3, -0.25) is 19.0 Å². The predicted molar refractivity (Wildman–Crippen MR) is 122 cm³/mol. The Labute approximate surface area is 214 Å². The number of aryl methyl sites for hydroxylation is 1. The summed E-state index contributed by atoms with van der Waals surface area (Å²) in [5.41, 5.74) is -4.47. The Morgan fingerprint density at radius 1 is 1.28 bits per heavy atom. The fraction of sp³-hybridized carbons (Fsp3) is 0.625. The quantitative estimate of drug-likeness (QED) is 0.131. The number of hydrogen-bond donors (Lipinski definition) is 3. The van der Waals surface area contributed by atoms with Crippen LogP contribution in [-0.4, -0.2) is 101 Å². The summed E-state index contributed by atoms with van der Waals surface area (Å²) < 4.78 is 68.6. The van der Waals surface area contributed by atoms with Crippen molar-refractivity contribution in [2.45, 2.75) is 41.5 Å². The number of nitrogens with one attached hydrogen (secondary N) is 1. The van der Waals surface area contributed by atoms with Gasteiger partial charge in [-0.25, -0.2) is 9.48 Å². The van der Waals surface area contributed by atoms with E-state index in [-0.39, 0.29) is 30.2 Å². The minimum atomic E-state index is -4.60. The molecule has 0 aliphatic carbocycles. The SMILES string of the molecule is O=C(CSC(F)(F)F)NC1C(=O)N2C(C(=O)O)=C(CSc3nnnn3CCCCS(=O)(=O)O)CSC12. The van der Waals surface area contributed by atoms with Gasteiger partial charge in [0.05, 0.1) is 11.5 Å². The number of tetrazole rings is 1. The van der Waals surface area contributed by atoms with E-state index in [2.05, 4.69) is 20.8 Å². The molecule has 2 aliphatic heterocycles. The average molecular weight is 593 g/mol. The largest absolute Gasteiger partial charge is 0.477 e. The van der Waals surface area contributed by atoms with Crippen LogP contribution in [-0.2, 0) is 31.0 Å². The lowest BCUT2D eigenvalue weighted by atomic mass is 10.0. The van der Waals surface area contributed by atoms with E-state index in [9.17, 15) is 41.1 Å². The Morgan fingerprint density at radius 2 is 2.00 bits per heavy atom. The highest BCUT2D eigenvalue weighted by Crippen LogP contribution is 2.41. The van der Waals surface area contributed by atoms with Gasteiger partial charge in [0, 0.05) is 18.1 Å². The van der Waals surface area contributed by atoms with Crippen molar-refractivity contribution >= 4 is 63.2 Å². The van der Waals surface area contributed by atoms with Gasteiger partial charge in [-0.2, -0.15) is 21.6 Å². The van der Waals surface area contributed by atoms with Crippen LogP contribution in [0, 0.1) is 0 Å². The number of carboxylic acids is 1. The molecule has 1 fully saturated rings. The Kier molecular flexibility index (Phi) is 9.17. The first-order valence-corrected chi connectivity index (χ1v) is 14.6. The van der Waals surface area contributed by atoms with E-state index in [0.717, 1.165) is 16.7 Å². The van der Waals surface area contributed by atoms with Crippen molar-refractivity contribution < 1.29 is 45.6 Å². The molecule has 1 saturated heterocycles. The second kappa shape index (κ2) is 11.6. The number of carbonyl (C=O) groups is 3. The van der Waals surface area contributed by atoms with E-state index >= 15 is 0 Å². The second-order valence-electron chi connectivity index (χ2n) is 7.41. The van der Waals surface area contributed by atoms with Gasteiger partial charge in [-0.1, -0.05) is 11.8 Å². The zero-order valence-corrected chi connectivity index (χ0v) is 21.3. The molecule has 2 amide bonds. The Morgan fingerprint density at radius 3 is 2.64 bits per heavy atom. The molecule has 0 saturated carbocycles. The number of carboxylic acid groups (broad SMARTS) is 1. The molecule has 36 heavy (non-hydrogen) atoms. The number of thioether (sulfide) groups is 3. The predicted octanol–water partition coefficient (Wildman–Crippen LogP) is 0.425. The van der Waals surface area contributed by atoms with E-state index < -0.39 is 68.1 Å². The first kappa shape index (κ1) is 28.5. The molecule has 3 heterocycles. The number of carbonyl (C=O) groups excluding carboxylic acids is 2. The van der Waals surface area contributed by atoms with Gasteiger partial charge in [0.1, 0.15) is 17.1 Å². The van der Waals surface area contributed by atoms with Gasteiger partial charge in [0.2, 0.25) is 11.1 Å². The van der Waals surface area contributed by atoms with E-state index in [1.807, 2.05) is 0 Å². The van der Waals surface area contributed by atoms with Crippen LogP contribution in [0.3, 0.4) is 0 Å². The molecule has 2 aliphatic rings. The zero-order chi connectivity index (χ0) is 26.7. The fourth-order valence-electron chi connectivity index (χ4n) is 3.29. The normalized spacial score (nSPS) is 20.2. The van der Waals surface area contributed by atoms with Crippen LogP contribution >= 0.6 is 35.3 Å². The summed E-state index contributed by atoms with van der Waals surface area (Å²) in [7, 11) is -4.07. The number of aliphatic carboxylic acids is 1. The van der Waals surface area contributed by atoms with Crippen LogP contribution in [0.25, 0.3) is 0 Å². The summed E-state index contributed by atoms with van der Waals surface area (Å²) in [5.74, 6) is -4.12. The van der Waals surface area contributed by atoms with Crippen LogP contribution in [0.4, 0.5) is 13.2 Å². The van der Waals surface area contributed by atoms with Crippen LogP contribution in [0.2, 0.25) is 0 Å². The standard InChI is InChI=1S/C16H19F3N6O7S4/c17-16(18,19)35-7-9(26)20-10-12(27)25-11(14(28)29)8(5-33-13(10)25)6-34-15-21-22-23-24(15)3-1-2-4-36(30,31)32/h10,13H,1-7H2,(H,20,26)(H,28,29)(H,30,31,32). The number of fused-ring (bicyclic) bond motifs is 1. The third kappa shape index (κ3) is 7.49. The van der Waals surface area contributed by atoms with E-state index in [4.69, 9.17) is 4.55 Å². The van der Waals surface area contributed by atoms with E-state index in [1.54, 1.807) is 0 Å². The third-order valence-electron chi connectivity index (χ3n) is 4.83. The summed E-state index contributed by atoms with van der Waals surface area (Å²) in [5, 5.41) is 22.7. The molecule has 0 bridgehead atoms. The van der Waals surface area contributed by atoms with Crippen molar-refractivity contribution in [2.75, 3.05) is 23.0 Å². The maximum absolute atomic E-state index is 12.6. The Hall–Kier alpha value is -2.03. The summed E-state index contributed by atoms with van der Waals surface area (Å²) in [6.07, 6.45) is 0.536. The molecule has 3 N–H and O–H groups in total. The fourth-order valence-corrected chi connectivity index (χ4v) is 6.63. The highest BCUT2D eigenvalue weighted by molar-refractivity contribution is 8.01. The van der Waals surface area contributed by atoms with Crippen molar-refractivity contribution in [1.82, 2.24) is 30.4 Å². The molecule has 2 atom stereocenters. The molecular weight excluding hydrogens is 573 g/mol. The van der Waals surface area contributed by atoms with Crippen LogP contribution < -0.4 is 5.32 Å². The first-order valence-electron chi connectivity index (χ1n) is 10.0. The highest BCUT2D eigenvalue weighted by atomic mass is 32.2. The molecular formula is C16H19F3N6O7S4. The van der Waals surface area contributed by atoms with Crippen molar-refractivity contribution in [3.8, 4) is 0 Å². The third-order valence-corrected chi connectivity index (χ3v) is 8.75. The molecule has 13 nitrogen and oxygen atoms in total. The van der Waals surface area contributed by atoms with Crippen molar-refractivity contribution in [1.29, 1.82) is 0 Å². The van der Waals surface area contributed by atoms with E-state index in [0.29, 0.717) is 17.2 Å². The number of alkyl halides is 3. The van der Waals surface area contributed by atoms with Crippen molar-refractivity contribution in [3.05, 3.63) is 11.3 Å². The molecule has 3 rings (SSSR count). The number of rotatable bonds is 12. The number of nitrogens with zero attached hydrogens (tertiary/aromatic N) is 5. The number of β-lactam (4-membered cyclic amide) rings is 1. The smallest absolute Gasteiger partial charge is 0.442 e. The first-order chi connectivity index (χ1) is 16.8. The number of aromatic nitrogens is 4. The lowest BCUT2D eigenvalue weighted by Gasteiger charge is -2.49. The van der Waals surface area contributed by atoms with E-state index in [1.165, 1.54) is 16.4 Å². The summed E-state index contributed by atoms with van der Waals surface area (Å²) in [4.78, 5) is 37.3. The summed E-state index contributed by atoms with van der Waals surface area (Å²) in [6, 6.07) is -1.13. The highest BCUT2D eigenvalue weighted by Gasteiger charge is 2.54. The number of amides is 2. The second-order valence-corrected chi connectivity index (χ2v) is 12.1. The summed E-state index contributed by atoms with van der Waals surface area (Å²) >= 11 is 1.73. The number of unbranched alkanes of at least 4 members (excludes halogenated alkanes) is 1.